The lowest BCUT2D eigenvalue weighted by molar-refractivity contribution is 0.0597. The van der Waals surface area contributed by atoms with Crippen molar-refractivity contribution in [3.8, 4) is 11.3 Å². The number of benzene rings is 1. The van der Waals surface area contributed by atoms with E-state index in [9.17, 15) is 4.79 Å². The van der Waals surface area contributed by atoms with E-state index in [1.165, 1.54) is 7.11 Å². The molecule has 0 saturated carbocycles. The molecule has 0 bridgehead atoms. The van der Waals surface area contributed by atoms with E-state index >= 15 is 0 Å². The number of aromatic nitrogens is 2. The Morgan fingerprint density at radius 2 is 1.88 bits per heavy atom. The Labute approximate surface area is 158 Å². The number of ether oxygens (including phenoxy) is 2. The fourth-order valence-electron chi connectivity index (χ4n) is 2.36. The first-order chi connectivity index (χ1) is 11.7. The molecule has 0 radical (unpaired) electrons. The molecular formula is C18H25BrN2O3Si. The molecule has 1 heterocycles. The fourth-order valence-corrected chi connectivity index (χ4v) is 3.38. The van der Waals surface area contributed by atoms with Crippen LogP contribution in [0.1, 0.15) is 16.1 Å². The molecule has 7 heteroatoms. The molecule has 2 rings (SSSR count). The summed E-state index contributed by atoms with van der Waals surface area (Å²) in [6.07, 6.45) is 0. The molecule has 0 spiro atoms. The van der Waals surface area contributed by atoms with Crippen LogP contribution >= 0.6 is 15.9 Å². The summed E-state index contributed by atoms with van der Waals surface area (Å²) in [6, 6.07) is 8.80. The third-order valence-corrected chi connectivity index (χ3v) is 6.16. The minimum Gasteiger partial charge on any atom is -0.465 e. The molecule has 0 aliphatic heterocycles. The van der Waals surface area contributed by atoms with Gasteiger partial charge in [-0.1, -0.05) is 47.7 Å². The van der Waals surface area contributed by atoms with Gasteiger partial charge in [0.1, 0.15) is 18.0 Å². The van der Waals surface area contributed by atoms with Gasteiger partial charge in [-0.2, -0.15) is 5.10 Å². The van der Waals surface area contributed by atoms with Crippen LogP contribution in [-0.4, -0.2) is 37.5 Å². The van der Waals surface area contributed by atoms with Gasteiger partial charge in [-0.15, -0.1) is 0 Å². The van der Waals surface area contributed by atoms with Crippen LogP contribution in [0.15, 0.2) is 28.7 Å². The van der Waals surface area contributed by atoms with Gasteiger partial charge in [0.15, 0.2) is 0 Å². The van der Waals surface area contributed by atoms with Crippen molar-refractivity contribution in [3.63, 3.8) is 0 Å². The molecular weight excluding hydrogens is 400 g/mol. The summed E-state index contributed by atoms with van der Waals surface area (Å²) in [6.45, 7) is 9.85. The van der Waals surface area contributed by atoms with E-state index in [2.05, 4.69) is 40.7 Å². The molecule has 1 aromatic heterocycles. The van der Waals surface area contributed by atoms with E-state index < -0.39 is 8.07 Å². The van der Waals surface area contributed by atoms with Crippen LogP contribution in [0.5, 0.6) is 0 Å². The highest BCUT2D eigenvalue weighted by atomic mass is 79.9. The number of carbonyl (C=O) groups is 1. The van der Waals surface area contributed by atoms with Crippen LogP contribution in [-0.2, 0) is 16.2 Å². The number of halogens is 1. The predicted octanol–water partition coefficient (Wildman–Crippen LogP) is 4.72. The molecule has 0 fully saturated rings. The number of methoxy groups -OCH3 is 1. The topological polar surface area (TPSA) is 53.3 Å². The normalized spacial score (nSPS) is 11.6. The monoisotopic (exact) mass is 424 g/mol. The van der Waals surface area contributed by atoms with E-state index in [0.29, 0.717) is 24.6 Å². The molecule has 0 saturated heterocycles. The zero-order chi connectivity index (χ0) is 18.6. The van der Waals surface area contributed by atoms with Gasteiger partial charge in [-0.25, -0.2) is 9.48 Å². The molecule has 0 amide bonds. The lowest BCUT2D eigenvalue weighted by atomic mass is 10.1. The van der Waals surface area contributed by atoms with Gasteiger partial charge in [0.2, 0.25) is 0 Å². The summed E-state index contributed by atoms with van der Waals surface area (Å²) in [5, 5.41) is 4.60. The number of nitrogens with zero attached hydrogens (tertiary/aromatic N) is 2. The fraction of sp³-hybridized carbons (Fsp3) is 0.444. The van der Waals surface area contributed by atoms with E-state index in [1.54, 1.807) is 4.68 Å². The second-order valence-corrected chi connectivity index (χ2v) is 13.7. The molecule has 0 N–H and O–H groups in total. The summed E-state index contributed by atoms with van der Waals surface area (Å²) < 4.78 is 13.4. The number of rotatable bonds is 7. The predicted molar refractivity (Wildman–Crippen MR) is 106 cm³/mol. The van der Waals surface area contributed by atoms with Gasteiger partial charge in [0.05, 0.1) is 12.8 Å². The largest absolute Gasteiger partial charge is 0.465 e. The lowest BCUT2D eigenvalue weighted by Crippen LogP contribution is -2.22. The highest BCUT2D eigenvalue weighted by Crippen LogP contribution is 2.27. The maximum Gasteiger partial charge on any atom is 0.342 e. The highest BCUT2D eigenvalue weighted by molar-refractivity contribution is 9.10. The molecule has 5 nitrogen and oxygen atoms in total. The average molecular weight is 425 g/mol. The quantitative estimate of drug-likeness (QED) is 0.366. The molecule has 25 heavy (non-hydrogen) atoms. The molecule has 0 aliphatic rings. The lowest BCUT2D eigenvalue weighted by Gasteiger charge is -2.15. The smallest absolute Gasteiger partial charge is 0.342 e. The van der Waals surface area contributed by atoms with Crippen molar-refractivity contribution in [2.75, 3.05) is 13.7 Å². The minimum atomic E-state index is -1.13. The first-order valence-corrected chi connectivity index (χ1v) is 12.7. The number of hydrogen-bond donors (Lipinski definition) is 0. The molecule has 136 valence electrons. The Kier molecular flexibility index (Phi) is 6.59. The minimum absolute atomic E-state index is 0.330. The number of carbonyl (C=O) groups excluding carboxylic acids is 1. The Hall–Kier alpha value is -1.44. The third kappa shape index (κ3) is 5.26. The third-order valence-electron chi connectivity index (χ3n) is 3.92. The maximum absolute atomic E-state index is 12.3. The SMILES string of the molecule is COC(=O)c1c(-c2ccc(Br)cc2)nn(COCC[Si](C)(C)C)c1C. The van der Waals surface area contributed by atoms with Crippen molar-refractivity contribution in [2.45, 2.75) is 39.3 Å². The standard InChI is InChI=1S/C18H25BrN2O3Si/c1-13-16(18(22)23-2)17(14-6-8-15(19)9-7-14)20-21(13)12-24-10-11-25(3,4)5/h6-9H,10-12H2,1-5H3. The van der Waals surface area contributed by atoms with Gasteiger partial charge in [-0.05, 0) is 25.1 Å². The van der Waals surface area contributed by atoms with Crippen molar-refractivity contribution in [1.29, 1.82) is 0 Å². The zero-order valence-electron chi connectivity index (χ0n) is 15.4. The molecule has 2 aromatic rings. The van der Waals surface area contributed by atoms with E-state index in [1.807, 2.05) is 31.2 Å². The Bertz CT molecular complexity index is 736. The Morgan fingerprint density at radius 3 is 2.44 bits per heavy atom. The van der Waals surface area contributed by atoms with Crippen molar-refractivity contribution in [1.82, 2.24) is 9.78 Å². The van der Waals surface area contributed by atoms with Crippen LogP contribution in [0.4, 0.5) is 0 Å². The van der Waals surface area contributed by atoms with Crippen molar-refractivity contribution in [2.24, 2.45) is 0 Å². The summed E-state index contributed by atoms with van der Waals surface area (Å²) in [5.74, 6) is -0.385. The van der Waals surface area contributed by atoms with Crippen LogP contribution in [0.25, 0.3) is 11.3 Å². The van der Waals surface area contributed by atoms with Crippen LogP contribution < -0.4 is 0 Å². The van der Waals surface area contributed by atoms with Gasteiger partial charge in [0.25, 0.3) is 0 Å². The first-order valence-electron chi connectivity index (χ1n) is 8.22. The van der Waals surface area contributed by atoms with E-state index in [-0.39, 0.29) is 5.97 Å². The average Bonchev–Trinajstić information content (AvgIpc) is 2.87. The first kappa shape index (κ1) is 19.9. The summed E-state index contributed by atoms with van der Waals surface area (Å²) >= 11 is 3.42. The molecule has 0 atom stereocenters. The summed E-state index contributed by atoms with van der Waals surface area (Å²) in [7, 11) is 0.254. The summed E-state index contributed by atoms with van der Waals surface area (Å²) in [5.41, 5.74) is 2.72. The molecule has 0 unspecified atom stereocenters. The van der Waals surface area contributed by atoms with Gasteiger partial charge in [-0.3, -0.25) is 0 Å². The van der Waals surface area contributed by atoms with Gasteiger partial charge in [0, 0.05) is 24.7 Å². The Balaban J connectivity index is 2.27. The zero-order valence-corrected chi connectivity index (χ0v) is 18.0. The number of esters is 1. The maximum atomic E-state index is 12.3. The second kappa shape index (κ2) is 8.29. The molecule has 0 aliphatic carbocycles. The van der Waals surface area contributed by atoms with E-state index in [0.717, 1.165) is 21.8 Å². The second-order valence-electron chi connectivity index (χ2n) is 7.16. The van der Waals surface area contributed by atoms with Crippen LogP contribution in [0.3, 0.4) is 0 Å². The number of hydrogen-bond acceptors (Lipinski definition) is 4. The van der Waals surface area contributed by atoms with Crippen molar-refractivity contribution < 1.29 is 14.3 Å². The molecule has 1 aromatic carbocycles. The highest BCUT2D eigenvalue weighted by Gasteiger charge is 2.23. The van der Waals surface area contributed by atoms with E-state index in [4.69, 9.17) is 9.47 Å². The van der Waals surface area contributed by atoms with Crippen molar-refractivity contribution in [3.05, 3.63) is 40.0 Å². The summed E-state index contributed by atoms with van der Waals surface area (Å²) in [4.78, 5) is 12.3. The van der Waals surface area contributed by atoms with Crippen molar-refractivity contribution >= 4 is 30.0 Å². The van der Waals surface area contributed by atoms with Crippen LogP contribution in [0, 0.1) is 6.92 Å². The Morgan fingerprint density at radius 1 is 1.24 bits per heavy atom. The van der Waals surface area contributed by atoms with Gasteiger partial charge >= 0.3 is 5.97 Å². The van der Waals surface area contributed by atoms with Gasteiger partial charge < -0.3 is 9.47 Å². The van der Waals surface area contributed by atoms with Crippen LogP contribution in [0.2, 0.25) is 25.7 Å².